The molecule has 62 valence electrons. The minimum absolute atomic E-state index is 0.700. The maximum absolute atomic E-state index is 5.73. The molecule has 0 aromatic carbocycles. The van der Waals surface area contributed by atoms with Crippen LogP contribution in [0.25, 0.3) is 5.65 Å². The molecule has 0 amide bonds. The molecular formula is C8H8BrN3. The molecule has 0 atom stereocenters. The summed E-state index contributed by atoms with van der Waals surface area (Å²) in [6.45, 7) is 1.94. The number of aryl methyl sites for hydroxylation is 1. The maximum atomic E-state index is 5.73. The molecule has 2 aromatic rings. The summed E-state index contributed by atoms with van der Waals surface area (Å²) in [5.41, 5.74) is 8.21. The summed E-state index contributed by atoms with van der Waals surface area (Å²) < 4.78 is 2.89. The van der Waals surface area contributed by atoms with Gasteiger partial charge in [-0.3, -0.25) is 4.40 Å². The van der Waals surface area contributed by atoms with Crippen molar-refractivity contribution < 1.29 is 0 Å². The van der Waals surface area contributed by atoms with Crippen LogP contribution in [0.5, 0.6) is 0 Å². The Labute approximate surface area is 78.3 Å². The van der Waals surface area contributed by atoms with Crippen molar-refractivity contribution in [2.24, 2.45) is 0 Å². The Hall–Kier alpha value is -1.03. The van der Waals surface area contributed by atoms with E-state index in [0.29, 0.717) is 5.69 Å². The van der Waals surface area contributed by atoms with Gasteiger partial charge in [0.15, 0.2) is 5.65 Å². The number of hydrogen-bond acceptors (Lipinski definition) is 2. The van der Waals surface area contributed by atoms with Crippen molar-refractivity contribution in [3.63, 3.8) is 0 Å². The zero-order valence-corrected chi connectivity index (χ0v) is 8.17. The lowest BCUT2D eigenvalue weighted by Crippen LogP contribution is -1.92. The van der Waals surface area contributed by atoms with Crippen molar-refractivity contribution in [1.29, 1.82) is 0 Å². The largest absolute Gasteiger partial charge is 0.396 e. The molecule has 0 unspecified atom stereocenters. The van der Waals surface area contributed by atoms with Gasteiger partial charge in [-0.1, -0.05) is 0 Å². The summed E-state index contributed by atoms with van der Waals surface area (Å²) in [6.07, 6.45) is 1.94. The third-order valence-corrected chi connectivity index (χ3v) is 2.36. The van der Waals surface area contributed by atoms with E-state index in [-0.39, 0.29) is 0 Å². The normalized spacial score (nSPS) is 10.8. The second-order valence-electron chi connectivity index (χ2n) is 2.69. The van der Waals surface area contributed by atoms with E-state index in [9.17, 15) is 0 Å². The van der Waals surface area contributed by atoms with E-state index >= 15 is 0 Å². The van der Waals surface area contributed by atoms with E-state index < -0.39 is 0 Å². The minimum Gasteiger partial charge on any atom is -0.396 e. The van der Waals surface area contributed by atoms with Crippen molar-refractivity contribution in [3.8, 4) is 0 Å². The van der Waals surface area contributed by atoms with Crippen LogP contribution < -0.4 is 5.73 Å². The number of nitrogens with two attached hydrogens (primary N) is 1. The fraction of sp³-hybridized carbons (Fsp3) is 0.125. The zero-order chi connectivity index (χ0) is 8.72. The molecule has 0 saturated heterocycles. The van der Waals surface area contributed by atoms with Gasteiger partial charge in [0.1, 0.15) is 0 Å². The first-order valence-electron chi connectivity index (χ1n) is 3.58. The highest BCUT2D eigenvalue weighted by Gasteiger charge is 2.03. The molecule has 0 spiro atoms. The second-order valence-corrected chi connectivity index (χ2v) is 3.50. The van der Waals surface area contributed by atoms with Gasteiger partial charge in [0, 0.05) is 6.20 Å². The molecule has 0 radical (unpaired) electrons. The highest BCUT2D eigenvalue weighted by atomic mass is 79.9. The summed E-state index contributed by atoms with van der Waals surface area (Å²) in [6, 6.07) is 3.75. The number of imidazole rings is 1. The Morgan fingerprint density at radius 3 is 2.92 bits per heavy atom. The smallest absolute Gasteiger partial charge is 0.161 e. The lowest BCUT2D eigenvalue weighted by molar-refractivity contribution is 1.14. The van der Waals surface area contributed by atoms with E-state index in [1.807, 2.05) is 29.7 Å². The highest BCUT2D eigenvalue weighted by molar-refractivity contribution is 9.10. The van der Waals surface area contributed by atoms with Crippen LogP contribution in [0.1, 0.15) is 5.69 Å². The number of nitrogen functional groups attached to an aromatic ring is 1. The molecule has 2 aromatic heterocycles. The van der Waals surface area contributed by atoms with Crippen LogP contribution in [0.2, 0.25) is 0 Å². The average molecular weight is 226 g/mol. The number of rotatable bonds is 0. The minimum atomic E-state index is 0.700. The summed E-state index contributed by atoms with van der Waals surface area (Å²) in [7, 11) is 0. The summed E-state index contributed by atoms with van der Waals surface area (Å²) in [4.78, 5) is 4.28. The van der Waals surface area contributed by atoms with Gasteiger partial charge < -0.3 is 5.73 Å². The Balaban J connectivity index is 2.93. The van der Waals surface area contributed by atoms with Gasteiger partial charge in [-0.25, -0.2) is 4.98 Å². The molecule has 12 heavy (non-hydrogen) atoms. The van der Waals surface area contributed by atoms with Gasteiger partial charge in [0.2, 0.25) is 0 Å². The number of fused-ring (bicyclic) bond motifs is 1. The first-order valence-corrected chi connectivity index (χ1v) is 4.37. The molecule has 0 aliphatic heterocycles. The number of nitrogens with zero attached hydrogens (tertiary/aromatic N) is 2. The molecule has 2 heterocycles. The number of aromatic nitrogens is 2. The Bertz CT molecular complexity index is 394. The lowest BCUT2D eigenvalue weighted by Gasteiger charge is -1.98. The van der Waals surface area contributed by atoms with Gasteiger partial charge in [-0.2, -0.15) is 0 Å². The standard InChI is InChI=1S/C8H8BrN3/c1-5-4-12-7(9)3-2-6(10)8(12)11-5/h2-4H,10H2,1H3. The van der Waals surface area contributed by atoms with Gasteiger partial charge in [0.05, 0.1) is 16.0 Å². The molecule has 2 N–H and O–H groups in total. The number of anilines is 1. The van der Waals surface area contributed by atoms with Crippen LogP contribution in [-0.4, -0.2) is 9.38 Å². The van der Waals surface area contributed by atoms with Crippen LogP contribution >= 0.6 is 15.9 Å². The third kappa shape index (κ3) is 0.992. The molecule has 3 nitrogen and oxygen atoms in total. The van der Waals surface area contributed by atoms with Crippen molar-refractivity contribution in [1.82, 2.24) is 9.38 Å². The van der Waals surface area contributed by atoms with E-state index in [1.165, 1.54) is 0 Å². The highest BCUT2D eigenvalue weighted by Crippen LogP contribution is 2.19. The summed E-state index contributed by atoms with van der Waals surface area (Å²) >= 11 is 3.41. The van der Waals surface area contributed by atoms with Crippen LogP contribution in [0, 0.1) is 6.92 Å². The van der Waals surface area contributed by atoms with Crippen LogP contribution in [0.3, 0.4) is 0 Å². The van der Waals surface area contributed by atoms with Gasteiger partial charge in [-0.15, -0.1) is 0 Å². The maximum Gasteiger partial charge on any atom is 0.161 e. The fourth-order valence-corrected chi connectivity index (χ4v) is 1.58. The molecule has 0 aliphatic rings. The second kappa shape index (κ2) is 2.48. The molecule has 0 bridgehead atoms. The first-order chi connectivity index (χ1) is 5.68. The molecule has 4 heteroatoms. The molecule has 0 aliphatic carbocycles. The van der Waals surface area contributed by atoms with Gasteiger partial charge in [-0.05, 0) is 35.0 Å². The van der Waals surface area contributed by atoms with Crippen molar-refractivity contribution in [3.05, 3.63) is 28.6 Å². The lowest BCUT2D eigenvalue weighted by atomic mass is 10.4. The van der Waals surface area contributed by atoms with E-state index in [4.69, 9.17) is 5.73 Å². The monoisotopic (exact) mass is 225 g/mol. The summed E-state index contributed by atoms with van der Waals surface area (Å²) in [5.74, 6) is 0. The Morgan fingerprint density at radius 2 is 2.25 bits per heavy atom. The topological polar surface area (TPSA) is 43.3 Å². The van der Waals surface area contributed by atoms with Crippen molar-refractivity contribution in [2.75, 3.05) is 5.73 Å². The van der Waals surface area contributed by atoms with Crippen molar-refractivity contribution in [2.45, 2.75) is 6.92 Å². The van der Waals surface area contributed by atoms with Gasteiger partial charge in [0.25, 0.3) is 0 Å². The molecule has 2 rings (SSSR count). The van der Waals surface area contributed by atoms with E-state index in [1.54, 1.807) is 0 Å². The Morgan fingerprint density at radius 1 is 1.50 bits per heavy atom. The first kappa shape index (κ1) is 7.61. The number of halogens is 1. The van der Waals surface area contributed by atoms with Crippen molar-refractivity contribution >= 4 is 27.3 Å². The Kier molecular flexibility index (Phi) is 1.58. The number of pyridine rings is 1. The average Bonchev–Trinajstić information content (AvgIpc) is 2.41. The SMILES string of the molecule is Cc1cn2c(Br)ccc(N)c2n1. The fourth-order valence-electron chi connectivity index (χ4n) is 1.18. The molecular weight excluding hydrogens is 218 g/mol. The summed E-state index contributed by atoms with van der Waals surface area (Å²) in [5, 5.41) is 0. The molecule has 0 fully saturated rings. The van der Waals surface area contributed by atoms with Crippen LogP contribution in [0.15, 0.2) is 22.9 Å². The predicted octanol–water partition coefficient (Wildman–Crippen LogP) is 1.99. The molecule has 0 saturated carbocycles. The third-order valence-electron chi connectivity index (χ3n) is 1.72. The van der Waals surface area contributed by atoms with E-state index in [0.717, 1.165) is 15.9 Å². The van der Waals surface area contributed by atoms with Crippen LogP contribution in [0.4, 0.5) is 5.69 Å². The van der Waals surface area contributed by atoms with E-state index in [2.05, 4.69) is 20.9 Å². The quantitative estimate of drug-likeness (QED) is 0.698. The van der Waals surface area contributed by atoms with Crippen LogP contribution in [-0.2, 0) is 0 Å². The number of hydrogen-bond donors (Lipinski definition) is 1. The van der Waals surface area contributed by atoms with Gasteiger partial charge >= 0.3 is 0 Å². The predicted molar refractivity (Wildman–Crippen MR) is 52.0 cm³/mol. The zero-order valence-electron chi connectivity index (χ0n) is 6.58.